The average molecular weight is 503 g/mol. The molecule has 2 amide bonds. The summed E-state index contributed by atoms with van der Waals surface area (Å²) in [5.41, 5.74) is -0.0368. The zero-order chi connectivity index (χ0) is 26.7. The summed E-state index contributed by atoms with van der Waals surface area (Å²) in [4.78, 5) is 44.0. The second-order valence-electron chi connectivity index (χ2n) is 8.87. The summed E-state index contributed by atoms with van der Waals surface area (Å²) in [5.74, 6) is -2.08. The third-order valence-electron chi connectivity index (χ3n) is 6.66. The molecule has 1 atom stereocenters. The minimum absolute atomic E-state index is 0.0879. The number of aliphatic hydroxyl groups excluding tert-OH is 1. The van der Waals surface area contributed by atoms with Crippen LogP contribution in [0.3, 0.4) is 0 Å². The van der Waals surface area contributed by atoms with Gasteiger partial charge in [0.25, 0.3) is 17.6 Å². The van der Waals surface area contributed by atoms with Gasteiger partial charge in [-0.1, -0.05) is 36.9 Å². The maximum atomic E-state index is 14.2. The van der Waals surface area contributed by atoms with Gasteiger partial charge in [-0.3, -0.25) is 14.4 Å². The molecule has 0 aliphatic carbocycles. The molecule has 1 fully saturated rings. The minimum atomic E-state index is -1.81. The number of hydrogen-bond donors (Lipinski definition) is 1. The molecule has 2 aromatic rings. The van der Waals surface area contributed by atoms with E-state index in [2.05, 4.69) is 13.2 Å². The second-order valence-corrected chi connectivity index (χ2v) is 8.87. The first kappa shape index (κ1) is 25.9. The van der Waals surface area contributed by atoms with E-state index in [1.165, 1.54) is 16.9 Å². The van der Waals surface area contributed by atoms with Crippen LogP contribution in [0.15, 0.2) is 73.3 Å². The van der Waals surface area contributed by atoms with Crippen molar-refractivity contribution in [1.29, 1.82) is 0 Å². The lowest BCUT2D eigenvalue weighted by Crippen LogP contribution is -2.52. The van der Waals surface area contributed by atoms with Crippen molar-refractivity contribution in [3.05, 3.63) is 90.0 Å². The van der Waals surface area contributed by atoms with Crippen LogP contribution in [0.4, 0.5) is 5.69 Å². The van der Waals surface area contributed by atoms with E-state index in [1.54, 1.807) is 61.5 Å². The molecular weight excluding hydrogens is 472 g/mol. The maximum Gasteiger partial charge on any atom is 0.296 e. The highest BCUT2D eigenvalue weighted by atomic mass is 16.5. The van der Waals surface area contributed by atoms with Gasteiger partial charge in [0, 0.05) is 37.9 Å². The largest absolute Gasteiger partial charge is 0.507 e. The Morgan fingerprint density at radius 1 is 1.11 bits per heavy atom. The van der Waals surface area contributed by atoms with Crippen LogP contribution in [0.2, 0.25) is 0 Å². The zero-order valence-electron chi connectivity index (χ0n) is 21.0. The molecule has 0 saturated carbocycles. The van der Waals surface area contributed by atoms with Crippen molar-refractivity contribution in [2.45, 2.75) is 18.9 Å². The van der Waals surface area contributed by atoms with Gasteiger partial charge in [0.15, 0.2) is 5.54 Å². The number of benzene rings is 2. The van der Waals surface area contributed by atoms with Crippen molar-refractivity contribution in [3.63, 3.8) is 0 Å². The molecule has 4 rings (SSSR count). The Morgan fingerprint density at radius 2 is 1.86 bits per heavy atom. The number of para-hydroxylation sites is 1. The lowest BCUT2D eigenvalue weighted by Gasteiger charge is -2.34. The molecule has 0 unspecified atom stereocenters. The van der Waals surface area contributed by atoms with Gasteiger partial charge in [-0.2, -0.15) is 0 Å². The summed E-state index contributed by atoms with van der Waals surface area (Å²) < 4.78 is 10.8. The van der Waals surface area contributed by atoms with Crippen LogP contribution in [0.5, 0.6) is 5.75 Å². The highest BCUT2D eigenvalue weighted by molar-refractivity contribution is 6.50. The number of methoxy groups -OCH3 is 1. The van der Waals surface area contributed by atoms with Gasteiger partial charge < -0.3 is 24.4 Å². The summed E-state index contributed by atoms with van der Waals surface area (Å²) >= 11 is 0. The first-order chi connectivity index (χ1) is 17.8. The van der Waals surface area contributed by atoms with E-state index < -0.39 is 28.9 Å². The fourth-order valence-corrected chi connectivity index (χ4v) is 5.10. The molecule has 2 aromatic carbocycles. The van der Waals surface area contributed by atoms with E-state index in [-0.39, 0.29) is 18.7 Å². The molecule has 8 heteroatoms. The molecule has 2 aliphatic heterocycles. The molecule has 2 heterocycles. The van der Waals surface area contributed by atoms with Crippen molar-refractivity contribution in [2.24, 2.45) is 0 Å². The number of fused-ring (bicyclic) bond motifs is 2. The third kappa shape index (κ3) is 4.03. The van der Waals surface area contributed by atoms with Crippen LogP contribution >= 0.6 is 0 Å². The van der Waals surface area contributed by atoms with Gasteiger partial charge in [-0.05, 0) is 43.2 Å². The summed E-state index contributed by atoms with van der Waals surface area (Å²) in [7, 11) is 1.54. The number of ketones is 1. The van der Waals surface area contributed by atoms with E-state index in [0.717, 1.165) is 0 Å². The molecular formula is C29H30N2O6. The number of likely N-dealkylation sites (tertiary alicyclic amines) is 1. The van der Waals surface area contributed by atoms with Crippen molar-refractivity contribution in [1.82, 2.24) is 4.90 Å². The number of aryl methyl sites for hydroxylation is 1. The van der Waals surface area contributed by atoms with Crippen LogP contribution in [-0.2, 0) is 24.7 Å². The zero-order valence-corrected chi connectivity index (χ0v) is 21.0. The van der Waals surface area contributed by atoms with E-state index in [9.17, 15) is 19.5 Å². The molecule has 37 heavy (non-hydrogen) atoms. The molecule has 1 N–H and O–H groups in total. The second kappa shape index (κ2) is 10.4. The Morgan fingerprint density at radius 3 is 2.54 bits per heavy atom. The molecule has 0 aromatic heterocycles. The van der Waals surface area contributed by atoms with Crippen molar-refractivity contribution >= 4 is 29.0 Å². The number of amides is 2. The average Bonchev–Trinajstić information content (AvgIpc) is 3.27. The first-order valence-electron chi connectivity index (χ1n) is 12.0. The molecule has 192 valence electrons. The van der Waals surface area contributed by atoms with Crippen molar-refractivity contribution < 1.29 is 29.0 Å². The minimum Gasteiger partial charge on any atom is -0.507 e. The van der Waals surface area contributed by atoms with E-state index in [1.807, 2.05) is 0 Å². The van der Waals surface area contributed by atoms with E-state index in [0.29, 0.717) is 47.8 Å². The number of rotatable bonds is 10. The van der Waals surface area contributed by atoms with Gasteiger partial charge in [-0.25, -0.2) is 0 Å². The Kier molecular flexibility index (Phi) is 7.31. The monoisotopic (exact) mass is 502 g/mol. The standard InChI is InChI=1S/C29H30N2O6/c1-5-14-30-22-11-8-7-10-21(22)29(28(30)35)24(26(33)27(34)31(29)15-9-17-36-4)25(32)20-12-13-23(19(3)18-20)37-16-6-2/h5-8,10-13,18,32H,1-2,9,14-17H2,3-4H3/t29-/m0/s1. The fraction of sp³-hybridized carbons (Fsp3) is 0.276. The highest BCUT2D eigenvalue weighted by Crippen LogP contribution is 2.53. The Bertz CT molecular complexity index is 1310. The Labute approximate surface area is 216 Å². The summed E-state index contributed by atoms with van der Waals surface area (Å²) in [6.07, 6.45) is 3.60. The van der Waals surface area contributed by atoms with Gasteiger partial charge in [-0.15, -0.1) is 6.58 Å². The number of aliphatic hydroxyl groups is 1. The quantitative estimate of drug-likeness (QED) is 0.175. The number of hydrogen-bond acceptors (Lipinski definition) is 6. The number of carbonyl (C=O) groups is 3. The van der Waals surface area contributed by atoms with Crippen LogP contribution in [0.25, 0.3) is 5.76 Å². The molecule has 2 aliphatic rings. The number of Topliss-reactive ketones (excluding diaryl/α,β-unsaturated/α-hetero) is 1. The smallest absolute Gasteiger partial charge is 0.296 e. The third-order valence-corrected chi connectivity index (χ3v) is 6.66. The summed E-state index contributed by atoms with van der Waals surface area (Å²) in [5, 5.41) is 11.6. The molecule has 0 bridgehead atoms. The Balaban J connectivity index is 1.97. The molecule has 0 radical (unpaired) electrons. The Hall–Kier alpha value is -4.17. The van der Waals surface area contributed by atoms with E-state index in [4.69, 9.17) is 9.47 Å². The van der Waals surface area contributed by atoms with Crippen molar-refractivity contribution in [2.75, 3.05) is 38.3 Å². The maximum absolute atomic E-state index is 14.2. The fourth-order valence-electron chi connectivity index (χ4n) is 5.10. The summed E-state index contributed by atoms with van der Waals surface area (Å²) in [6, 6.07) is 11.9. The first-order valence-corrected chi connectivity index (χ1v) is 12.0. The number of anilines is 1. The van der Waals surface area contributed by atoms with Crippen LogP contribution < -0.4 is 9.64 Å². The van der Waals surface area contributed by atoms with Crippen LogP contribution in [-0.4, -0.2) is 61.0 Å². The van der Waals surface area contributed by atoms with Gasteiger partial charge in [0.2, 0.25) is 0 Å². The van der Waals surface area contributed by atoms with E-state index >= 15 is 0 Å². The summed E-state index contributed by atoms with van der Waals surface area (Å²) in [6.45, 7) is 10.1. The molecule has 8 nitrogen and oxygen atoms in total. The van der Waals surface area contributed by atoms with Gasteiger partial charge >= 0.3 is 0 Å². The predicted molar refractivity (Wildman–Crippen MR) is 140 cm³/mol. The normalized spacial score (nSPS) is 20.0. The molecule has 1 saturated heterocycles. The van der Waals surface area contributed by atoms with Gasteiger partial charge in [0.1, 0.15) is 18.1 Å². The number of nitrogens with zero attached hydrogens (tertiary/aromatic N) is 2. The van der Waals surface area contributed by atoms with Crippen LogP contribution in [0, 0.1) is 6.92 Å². The van der Waals surface area contributed by atoms with Crippen molar-refractivity contribution in [3.8, 4) is 5.75 Å². The highest BCUT2D eigenvalue weighted by Gasteiger charge is 2.66. The number of ether oxygens (including phenoxy) is 2. The lowest BCUT2D eigenvalue weighted by molar-refractivity contribution is -0.143. The van der Waals surface area contributed by atoms with Gasteiger partial charge in [0.05, 0.1) is 11.3 Å². The lowest BCUT2D eigenvalue weighted by atomic mass is 9.81. The number of carbonyl (C=O) groups excluding carboxylic acids is 3. The SMILES string of the molecule is C=CCOc1ccc(C(O)=C2C(=O)C(=O)N(CCCOC)[C@]23C(=O)N(CC=C)c2ccccc23)cc1C. The van der Waals surface area contributed by atoms with Crippen LogP contribution in [0.1, 0.15) is 23.1 Å². The molecule has 1 spiro atoms. The topological polar surface area (TPSA) is 96.4 Å². The predicted octanol–water partition coefficient (Wildman–Crippen LogP) is 3.70.